The van der Waals surface area contributed by atoms with Crippen molar-refractivity contribution in [2.45, 2.75) is 32.6 Å². The predicted molar refractivity (Wildman–Crippen MR) is 87.7 cm³/mol. The van der Waals surface area contributed by atoms with Crippen molar-refractivity contribution in [2.24, 2.45) is 0 Å². The molecule has 22 heavy (non-hydrogen) atoms. The molecule has 1 saturated heterocycles. The molecule has 0 saturated carbocycles. The fourth-order valence-electron chi connectivity index (χ4n) is 2.59. The zero-order valence-electron chi connectivity index (χ0n) is 13.6. The van der Waals surface area contributed by atoms with Gasteiger partial charge in [0.1, 0.15) is 5.75 Å². The zero-order chi connectivity index (χ0) is 15.6. The maximum atomic E-state index is 11.2. The normalized spacial score (nSPS) is 15.7. The molecule has 0 bridgehead atoms. The van der Waals surface area contributed by atoms with Crippen LogP contribution in [0.3, 0.4) is 0 Å². The second-order valence-corrected chi connectivity index (χ2v) is 5.80. The molecular formula is C18H27NO3. The number of nitrogens with zero attached hydrogens (tertiary/aromatic N) is 1. The van der Waals surface area contributed by atoms with Crippen molar-refractivity contribution in [1.29, 1.82) is 0 Å². The Kier molecular flexibility index (Phi) is 7.40. The second kappa shape index (κ2) is 9.59. The lowest BCUT2D eigenvalue weighted by molar-refractivity contribution is 0.0371. The van der Waals surface area contributed by atoms with Crippen molar-refractivity contribution in [3.63, 3.8) is 0 Å². The average molecular weight is 305 g/mol. The maximum Gasteiger partial charge on any atom is 0.159 e. The minimum absolute atomic E-state index is 0.0896. The van der Waals surface area contributed by atoms with Gasteiger partial charge in [-0.25, -0.2) is 0 Å². The van der Waals surface area contributed by atoms with Gasteiger partial charge in [0, 0.05) is 18.7 Å². The minimum atomic E-state index is 0.0896. The van der Waals surface area contributed by atoms with Gasteiger partial charge in [0.2, 0.25) is 0 Å². The van der Waals surface area contributed by atoms with Crippen LogP contribution in [0.2, 0.25) is 0 Å². The molecule has 1 aromatic rings. The number of benzene rings is 1. The predicted octanol–water partition coefficient (Wildman–Crippen LogP) is 3.16. The van der Waals surface area contributed by atoms with Crippen molar-refractivity contribution in [3.8, 4) is 5.75 Å². The third-order valence-electron chi connectivity index (χ3n) is 4.00. The molecular weight excluding hydrogens is 278 g/mol. The van der Waals surface area contributed by atoms with Gasteiger partial charge in [-0.1, -0.05) is 12.8 Å². The Hall–Kier alpha value is -1.39. The number of morpholine rings is 1. The number of carbonyl (C=O) groups is 1. The van der Waals surface area contributed by atoms with Crippen LogP contribution in [-0.2, 0) is 4.74 Å². The number of carbonyl (C=O) groups excluding carboxylic acids is 1. The van der Waals surface area contributed by atoms with Crippen LogP contribution in [0.4, 0.5) is 0 Å². The first-order valence-electron chi connectivity index (χ1n) is 8.29. The first-order valence-corrected chi connectivity index (χ1v) is 8.29. The molecule has 1 aliphatic heterocycles. The van der Waals surface area contributed by atoms with Gasteiger partial charge in [0.15, 0.2) is 5.78 Å². The van der Waals surface area contributed by atoms with Gasteiger partial charge >= 0.3 is 0 Å². The standard InChI is InChI=1S/C18H27NO3/c1-16(20)17-6-8-18(9-7-17)22-13-5-3-2-4-10-19-11-14-21-15-12-19/h6-9H,2-5,10-15H2,1H3. The van der Waals surface area contributed by atoms with Gasteiger partial charge in [-0.05, 0) is 50.6 Å². The summed E-state index contributed by atoms with van der Waals surface area (Å²) in [4.78, 5) is 13.7. The first kappa shape index (κ1) is 17.0. The van der Waals surface area contributed by atoms with Crippen LogP contribution in [-0.4, -0.2) is 50.1 Å². The molecule has 4 heteroatoms. The lowest BCUT2D eigenvalue weighted by Gasteiger charge is -2.26. The quantitative estimate of drug-likeness (QED) is 0.519. The van der Waals surface area contributed by atoms with Crippen LogP contribution >= 0.6 is 0 Å². The molecule has 0 atom stereocenters. The van der Waals surface area contributed by atoms with E-state index in [-0.39, 0.29) is 5.78 Å². The van der Waals surface area contributed by atoms with E-state index in [0.717, 1.165) is 50.6 Å². The molecule has 0 aromatic heterocycles. The number of hydrogen-bond acceptors (Lipinski definition) is 4. The summed E-state index contributed by atoms with van der Waals surface area (Å²) in [6.45, 7) is 7.45. The van der Waals surface area contributed by atoms with E-state index in [1.807, 2.05) is 24.3 Å². The summed E-state index contributed by atoms with van der Waals surface area (Å²) >= 11 is 0. The molecule has 2 rings (SSSR count). The highest BCUT2D eigenvalue weighted by molar-refractivity contribution is 5.94. The Morgan fingerprint density at radius 2 is 1.77 bits per heavy atom. The van der Waals surface area contributed by atoms with Crippen molar-refractivity contribution in [2.75, 3.05) is 39.5 Å². The molecule has 1 aromatic carbocycles. The summed E-state index contributed by atoms with van der Waals surface area (Å²) in [5.41, 5.74) is 0.732. The molecule has 4 nitrogen and oxygen atoms in total. The van der Waals surface area contributed by atoms with Crippen molar-refractivity contribution in [3.05, 3.63) is 29.8 Å². The first-order chi connectivity index (χ1) is 10.8. The fourth-order valence-corrected chi connectivity index (χ4v) is 2.59. The third kappa shape index (κ3) is 6.16. The molecule has 1 heterocycles. The molecule has 0 amide bonds. The molecule has 1 aliphatic rings. The van der Waals surface area contributed by atoms with Gasteiger partial charge < -0.3 is 9.47 Å². The van der Waals surface area contributed by atoms with Crippen molar-refractivity contribution < 1.29 is 14.3 Å². The fraction of sp³-hybridized carbons (Fsp3) is 0.611. The van der Waals surface area contributed by atoms with Crippen molar-refractivity contribution >= 4 is 5.78 Å². The Labute approximate surface area is 133 Å². The molecule has 0 aliphatic carbocycles. The smallest absolute Gasteiger partial charge is 0.159 e. The second-order valence-electron chi connectivity index (χ2n) is 5.80. The lowest BCUT2D eigenvalue weighted by Crippen LogP contribution is -2.36. The van der Waals surface area contributed by atoms with Crippen LogP contribution in [0.15, 0.2) is 24.3 Å². The number of hydrogen-bond donors (Lipinski definition) is 0. The molecule has 0 N–H and O–H groups in total. The van der Waals surface area contributed by atoms with E-state index in [1.165, 1.54) is 25.8 Å². The molecule has 0 spiro atoms. The van der Waals surface area contributed by atoms with Crippen LogP contribution in [0.1, 0.15) is 43.0 Å². The van der Waals surface area contributed by atoms with E-state index in [2.05, 4.69) is 4.90 Å². The number of rotatable bonds is 9. The van der Waals surface area contributed by atoms with Gasteiger partial charge in [0.25, 0.3) is 0 Å². The Morgan fingerprint density at radius 1 is 1.09 bits per heavy atom. The summed E-state index contributed by atoms with van der Waals surface area (Å²) in [6, 6.07) is 7.38. The van der Waals surface area contributed by atoms with Gasteiger partial charge in [0.05, 0.1) is 19.8 Å². The minimum Gasteiger partial charge on any atom is -0.494 e. The summed E-state index contributed by atoms with van der Waals surface area (Å²) in [7, 11) is 0. The highest BCUT2D eigenvalue weighted by Crippen LogP contribution is 2.13. The van der Waals surface area contributed by atoms with E-state index in [4.69, 9.17) is 9.47 Å². The zero-order valence-corrected chi connectivity index (χ0v) is 13.6. The lowest BCUT2D eigenvalue weighted by atomic mass is 10.1. The number of ketones is 1. The monoisotopic (exact) mass is 305 g/mol. The Morgan fingerprint density at radius 3 is 2.45 bits per heavy atom. The van der Waals surface area contributed by atoms with Crippen LogP contribution in [0.25, 0.3) is 0 Å². The van der Waals surface area contributed by atoms with E-state index in [9.17, 15) is 4.79 Å². The number of unbranched alkanes of at least 4 members (excludes halogenated alkanes) is 3. The molecule has 0 radical (unpaired) electrons. The molecule has 122 valence electrons. The SMILES string of the molecule is CC(=O)c1ccc(OCCCCCCN2CCOCC2)cc1. The summed E-state index contributed by atoms with van der Waals surface area (Å²) < 4.78 is 11.0. The summed E-state index contributed by atoms with van der Waals surface area (Å²) in [5, 5.41) is 0. The van der Waals surface area contributed by atoms with Gasteiger partial charge in [-0.15, -0.1) is 0 Å². The summed E-state index contributed by atoms with van der Waals surface area (Å²) in [5.74, 6) is 0.935. The van der Waals surface area contributed by atoms with E-state index in [1.54, 1.807) is 6.92 Å². The largest absolute Gasteiger partial charge is 0.494 e. The topological polar surface area (TPSA) is 38.8 Å². The van der Waals surface area contributed by atoms with E-state index >= 15 is 0 Å². The summed E-state index contributed by atoms with van der Waals surface area (Å²) in [6.07, 6.45) is 4.80. The Bertz CT molecular complexity index is 438. The number of Topliss-reactive ketones (excluding diaryl/α,β-unsaturated/α-hetero) is 1. The Balaban J connectivity index is 1.49. The van der Waals surface area contributed by atoms with Gasteiger partial charge in [-0.2, -0.15) is 0 Å². The van der Waals surface area contributed by atoms with E-state index < -0.39 is 0 Å². The molecule has 1 fully saturated rings. The van der Waals surface area contributed by atoms with E-state index in [0.29, 0.717) is 0 Å². The highest BCUT2D eigenvalue weighted by Gasteiger charge is 2.08. The average Bonchev–Trinajstić information content (AvgIpc) is 2.55. The molecule has 0 unspecified atom stereocenters. The third-order valence-corrected chi connectivity index (χ3v) is 4.00. The van der Waals surface area contributed by atoms with Crippen LogP contribution < -0.4 is 4.74 Å². The van der Waals surface area contributed by atoms with Crippen LogP contribution in [0.5, 0.6) is 5.75 Å². The van der Waals surface area contributed by atoms with Gasteiger partial charge in [-0.3, -0.25) is 9.69 Å². The van der Waals surface area contributed by atoms with Crippen LogP contribution in [0, 0.1) is 0 Å². The number of ether oxygens (including phenoxy) is 2. The highest BCUT2D eigenvalue weighted by atomic mass is 16.5. The van der Waals surface area contributed by atoms with Crippen molar-refractivity contribution in [1.82, 2.24) is 4.90 Å². The maximum absolute atomic E-state index is 11.2.